The summed E-state index contributed by atoms with van der Waals surface area (Å²) in [4.78, 5) is 4.53. The van der Waals surface area contributed by atoms with Crippen molar-refractivity contribution in [3.63, 3.8) is 0 Å². The lowest BCUT2D eigenvalue weighted by molar-refractivity contribution is 0.739. The molecule has 68 valence electrons. The Hall–Kier alpha value is -1.62. The van der Waals surface area contributed by atoms with Crippen LogP contribution in [0.4, 0.5) is 0 Å². The van der Waals surface area contributed by atoms with Gasteiger partial charge in [0.2, 0.25) is 0 Å². The van der Waals surface area contributed by atoms with E-state index in [1.165, 1.54) is 29.7 Å². The Labute approximate surface area is 82.9 Å². The lowest BCUT2D eigenvalue weighted by Gasteiger charge is -2.28. The lowest BCUT2D eigenvalue weighted by atomic mass is 9.78. The summed E-state index contributed by atoms with van der Waals surface area (Å²) >= 11 is 0. The molecule has 0 N–H and O–H groups in total. The summed E-state index contributed by atoms with van der Waals surface area (Å²) in [7, 11) is 0. The van der Waals surface area contributed by atoms with Crippen LogP contribution in [-0.2, 0) is 6.42 Å². The van der Waals surface area contributed by atoms with Crippen molar-refractivity contribution in [2.75, 3.05) is 0 Å². The third kappa shape index (κ3) is 0.871. The van der Waals surface area contributed by atoms with Crippen LogP contribution in [0.25, 0.3) is 5.57 Å². The van der Waals surface area contributed by atoms with Crippen molar-refractivity contribution in [2.24, 2.45) is 0 Å². The second-order valence-corrected chi connectivity index (χ2v) is 3.86. The van der Waals surface area contributed by atoms with Gasteiger partial charge in [-0.3, -0.25) is 4.98 Å². The first kappa shape index (κ1) is 7.75. The first-order chi connectivity index (χ1) is 6.90. The van der Waals surface area contributed by atoms with Gasteiger partial charge in [0.1, 0.15) is 0 Å². The number of fused-ring (bicyclic) bond motifs is 4. The summed E-state index contributed by atoms with van der Waals surface area (Å²) < 4.78 is 0. The van der Waals surface area contributed by atoms with Crippen LogP contribution in [0.2, 0.25) is 0 Å². The second kappa shape index (κ2) is 2.68. The molecule has 1 atom stereocenters. The maximum absolute atomic E-state index is 8.58. The van der Waals surface area contributed by atoms with E-state index in [1.807, 2.05) is 6.07 Å². The molecule has 2 nitrogen and oxygen atoms in total. The molecule has 0 spiro atoms. The number of rotatable bonds is 1. The average molecular weight is 182 g/mol. The van der Waals surface area contributed by atoms with Crippen molar-refractivity contribution in [1.29, 1.82) is 5.26 Å². The SMILES string of the molecule is N#CCc1ccc2c(n1)C1CCC=C21. The van der Waals surface area contributed by atoms with Gasteiger partial charge in [0, 0.05) is 11.5 Å². The van der Waals surface area contributed by atoms with Gasteiger partial charge in [0.05, 0.1) is 23.9 Å². The minimum atomic E-state index is 0.430. The molecule has 14 heavy (non-hydrogen) atoms. The van der Waals surface area contributed by atoms with Crippen LogP contribution >= 0.6 is 0 Å². The van der Waals surface area contributed by atoms with Crippen molar-refractivity contribution in [3.8, 4) is 6.07 Å². The predicted octanol–water partition coefficient (Wildman–Crippen LogP) is 2.42. The summed E-state index contributed by atoms with van der Waals surface area (Å²) in [5.74, 6) is 0.587. The molecule has 1 unspecified atom stereocenters. The maximum Gasteiger partial charge on any atom is 0.0774 e. The molecule has 2 aliphatic carbocycles. The number of hydrogen-bond donors (Lipinski definition) is 0. The van der Waals surface area contributed by atoms with Crippen LogP contribution < -0.4 is 0 Å². The molecule has 1 aromatic rings. The van der Waals surface area contributed by atoms with Crippen LogP contribution in [0.1, 0.15) is 35.7 Å². The number of pyridine rings is 1. The molecule has 0 aromatic carbocycles. The predicted molar refractivity (Wildman–Crippen MR) is 53.5 cm³/mol. The minimum absolute atomic E-state index is 0.430. The van der Waals surface area contributed by atoms with E-state index in [9.17, 15) is 0 Å². The molecule has 0 amide bonds. The third-order valence-corrected chi connectivity index (χ3v) is 3.08. The number of aromatic nitrogens is 1. The average Bonchev–Trinajstić information content (AvgIpc) is 2.59. The van der Waals surface area contributed by atoms with E-state index < -0.39 is 0 Å². The molecule has 0 fully saturated rings. The van der Waals surface area contributed by atoms with Crippen molar-refractivity contribution in [3.05, 3.63) is 35.2 Å². The zero-order valence-corrected chi connectivity index (χ0v) is 7.83. The molecular weight excluding hydrogens is 172 g/mol. The lowest BCUT2D eigenvalue weighted by Crippen LogP contribution is -2.15. The smallest absolute Gasteiger partial charge is 0.0774 e. The number of allylic oxidation sites excluding steroid dienone is 2. The molecule has 3 rings (SSSR count). The Morgan fingerprint density at radius 1 is 1.50 bits per heavy atom. The molecule has 1 heterocycles. The van der Waals surface area contributed by atoms with Gasteiger partial charge < -0.3 is 0 Å². The highest BCUT2D eigenvalue weighted by Gasteiger charge is 2.35. The van der Waals surface area contributed by atoms with E-state index in [1.54, 1.807) is 0 Å². The van der Waals surface area contributed by atoms with Crippen molar-refractivity contribution < 1.29 is 0 Å². The van der Waals surface area contributed by atoms with Gasteiger partial charge >= 0.3 is 0 Å². The van der Waals surface area contributed by atoms with E-state index in [4.69, 9.17) is 5.26 Å². The summed E-state index contributed by atoms with van der Waals surface area (Å²) in [6.07, 6.45) is 5.15. The van der Waals surface area contributed by atoms with Gasteiger partial charge in [-0.05, 0) is 24.5 Å². The summed E-state index contributed by atoms with van der Waals surface area (Å²) in [6.45, 7) is 0. The Kier molecular flexibility index (Phi) is 1.49. The summed E-state index contributed by atoms with van der Waals surface area (Å²) in [5, 5.41) is 8.58. The van der Waals surface area contributed by atoms with Crippen molar-refractivity contribution in [2.45, 2.75) is 25.2 Å². The molecule has 0 saturated carbocycles. The molecular formula is C12H10N2. The van der Waals surface area contributed by atoms with Gasteiger partial charge in [-0.1, -0.05) is 12.1 Å². The van der Waals surface area contributed by atoms with E-state index >= 15 is 0 Å². The third-order valence-electron chi connectivity index (χ3n) is 3.08. The van der Waals surface area contributed by atoms with Gasteiger partial charge in [-0.15, -0.1) is 0 Å². The molecule has 0 aliphatic heterocycles. The molecule has 0 saturated heterocycles. The molecule has 1 aromatic heterocycles. The van der Waals surface area contributed by atoms with E-state index in [2.05, 4.69) is 23.2 Å². The Morgan fingerprint density at radius 2 is 2.43 bits per heavy atom. The van der Waals surface area contributed by atoms with Gasteiger partial charge in [0.25, 0.3) is 0 Å². The van der Waals surface area contributed by atoms with E-state index in [-0.39, 0.29) is 0 Å². The largest absolute Gasteiger partial charge is 0.256 e. The van der Waals surface area contributed by atoms with Gasteiger partial charge in [-0.2, -0.15) is 5.26 Å². The van der Waals surface area contributed by atoms with Crippen LogP contribution in [-0.4, -0.2) is 4.98 Å². The first-order valence-corrected chi connectivity index (χ1v) is 4.97. The number of nitrogens with zero attached hydrogens (tertiary/aromatic N) is 2. The normalized spacial score (nSPS) is 21.6. The molecule has 2 heteroatoms. The van der Waals surface area contributed by atoms with Crippen LogP contribution in [0.5, 0.6) is 0 Å². The highest BCUT2D eigenvalue weighted by atomic mass is 14.8. The zero-order valence-electron chi connectivity index (χ0n) is 7.83. The highest BCUT2D eigenvalue weighted by molar-refractivity contribution is 5.84. The first-order valence-electron chi connectivity index (χ1n) is 4.97. The highest BCUT2D eigenvalue weighted by Crippen LogP contribution is 2.51. The Bertz CT molecular complexity index is 466. The van der Waals surface area contributed by atoms with Crippen molar-refractivity contribution in [1.82, 2.24) is 4.98 Å². The fraction of sp³-hybridized carbons (Fsp3) is 0.333. The van der Waals surface area contributed by atoms with Crippen LogP contribution in [0, 0.1) is 11.3 Å². The molecule has 0 radical (unpaired) electrons. The number of hydrogen-bond acceptors (Lipinski definition) is 2. The number of nitriles is 1. The zero-order chi connectivity index (χ0) is 9.54. The molecule has 2 aliphatic rings. The minimum Gasteiger partial charge on any atom is -0.256 e. The van der Waals surface area contributed by atoms with Crippen LogP contribution in [0.3, 0.4) is 0 Å². The second-order valence-electron chi connectivity index (χ2n) is 3.86. The molecule has 0 bridgehead atoms. The van der Waals surface area contributed by atoms with Crippen molar-refractivity contribution >= 4 is 5.57 Å². The maximum atomic E-state index is 8.58. The fourth-order valence-corrected chi connectivity index (χ4v) is 2.41. The van der Waals surface area contributed by atoms with Gasteiger partial charge in [-0.25, -0.2) is 0 Å². The topological polar surface area (TPSA) is 36.7 Å². The fourth-order valence-electron chi connectivity index (χ4n) is 2.41. The van der Waals surface area contributed by atoms with E-state index in [0.29, 0.717) is 12.3 Å². The Balaban J connectivity index is 2.04. The summed E-state index contributed by atoms with van der Waals surface area (Å²) in [5.41, 5.74) is 4.93. The standard InChI is InChI=1S/C12H10N2/c13-7-6-8-4-5-11-9-2-1-3-10(9)12(11)14-8/h2,4-5,10H,1,3,6H2. The van der Waals surface area contributed by atoms with E-state index in [0.717, 1.165) is 5.69 Å². The van der Waals surface area contributed by atoms with Gasteiger partial charge in [0.15, 0.2) is 0 Å². The van der Waals surface area contributed by atoms with Crippen LogP contribution in [0.15, 0.2) is 18.2 Å². The summed E-state index contributed by atoms with van der Waals surface area (Å²) in [6, 6.07) is 6.22. The monoisotopic (exact) mass is 182 g/mol. The Morgan fingerprint density at radius 3 is 3.29 bits per heavy atom. The quantitative estimate of drug-likeness (QED) is 0.668.